The van der Waals surface area contributed by atoms with Crippen LogP contribution < -0.4 is 10.1 Å². The Bertz CT molecular complexity index is 1450. The summed E-state index contributed by atoms with van der Waals surface area (Å²) in [5.74, 6) is -0.0598. The van der Waals surface area contributed by atoms with E-state index in [1.165, 1.54) is 12.1 Å². The molecule has 0 bridgehead atoms. The van der Waals surface area contributed by atoms with Crippen LogP contribution in [-0.2, 0) is 11.2 Å². The number of hydrogen-bond acceptors (Lipinski definition) is 6. The first-order valence-corrected chi connectivity index (χ1v) is 12.9. The van der Waals surface area contributed by atoms with Crippen molar-refractivity contribution in [3.63, 3.8) is 0 Å². The van der Waals surface area contributed by atoms with Crippen molar-refractivity contribution in [3.05, 3.63) is 89.1 Å². The van der Waals surface area contributed by atoms with Crippen LogP contribution in [0.25, 0.3) is 11.1 Å². The Morgan fingerprint density at radius 2 is 2.03 bits per heavy atom. The number of amides is 1. The maximum atomic E-state index is 14.9. The summed E-state index contributed by atoms with van der Waals surface area (Å²) in [5.41, 5.74) is 2.18. The van der Waals surface area contributed by atoms with Crippen molar-refractivity contribution in [2.45, 2.75) is 32.6 Å². The van der Waals surface area contributed by atoms with E-state index in [0.717, 1.165) is 44.2 Å². The quantitative estimate of drug-likeness (QED) is 0.295. The second-order valence-corrected chi connectivity index (χ2v) is 9.57. The van der Waals surface area contributed by atoms with Crippen molar-refractivity contribution in [2.75, 3.05) is 25.1 Å². The summed E-state index contributed by atoms with van der Waals surface area (Å²) in [5, 5.41) is 9.19. The van der Waals surface area contributed by atoms with Gasteiger partial charge in [-0.3, -0.25) is 9.89 Å². The molecule has 1 fully saturated rings. The summed E-state index contributed by atoms with van der Waals surface area (Å²) >= 11 is 0. The molecule has 2 N–H and O–H groups in total. The first kappa shape index (κ1) is 26.4. The second-order valence-electron chi connectivity index (χ2n) is 9.57. The number of rotatable bonds is 9. The van der Waals surface area contributed by atoms with E-state index in [2.05, 4.69) is 25.5 Å². The third-order valence-electron chi connectivity index (χ3n) is 6.70. The molecule has 0 aliphatic carbocycles. The van der Waals surface area contributed by atoms with E-state index in [0.29, 0.717) is 35.2 Å². The molecule has 1 unspecified atom stereocenters. The second kappa shape index (κ2) is 12.1. The van der Waals surface area contributed by atoms with Gasteiger partial charge in [-0.1, -0.05) is 24.3 Å². The minimum Gasteiger partial charge on any atom is -0.494 e. The first-order chi connectivity index (χ1) is 19.0. The minimum atomic E-state index is -0.628. The number of H-pyrrole nitrogens is 1. The molecular weight excluding hydrogens is 504 g/mol. The van der Waals surface area contributed by atoms with Gasteiger partial charge in [0.05, 0.1) is 12.8 Å². The number of ether oxygens (including phenoxy) is 2. The molecule has 0 saturated carbocycles. The van der Waals surface area contributed by atoms with Crippen molar-refractivity contribution >= 4 is 11.7 Å². The lowest BCUT2D eigenvalue weighted by molar-refractivity contribution is 0.0462. The fraction of sp³-hybridized carbons (Fsp3) is 0.310. The number of nitrogens with zero attached hydrogens (tertiary/aromatic N) is 3. The molecular formula is C29H29F2N5O3. The molecule has 1 aliphatic rings. The molecule has 1 atom stereocenters. The van der Waals surface area contributed by atoms with Gasteiger partial charge in [0, 0.05) is 25.2 Å². The Morgan fingerprint density at radius 3 is 2.85 bits per heavy atom. The van der Waals surface area contributed by atoms with Gasteiger partial charge >= 0.3 is 0 Å². The molecule has 0 spiro atoms. The van der Waals surface area contributed by atoms with Crippen LogP contribution in [-0.4, -0.2) is 45.9 Å². The highest BCUT2D eigenvalue weighted by Gasteiger charge is 2.18. The third kappa shape index (κ3) is 6.64. The van der Waals surface area contributed by atoms with Crippen molar-refractivity contribution < 1.29 is 23.0 Å². The van der Waals surface area contributed by atoms with Crippen LogP contribution in [0.15, 0.2) is 54.7 Å². The lowest BCUT2D eigenvalue weighted by atomic mass is 9.99. The third-order valence-corrected chi connectivity index (χ3v) is 6.70. The van der Waals surface area contributed by atoms with Crippen LogP contribution in [0.2, 0.25) is 0 Å². The predicted octanol–water partition coefficient (Wildman–Crippen LogP) is 5.49. The molecule has 0 radical (unpaired) electrons. The van der Waals surface area contributed by atoms with Gasteiger partial charge in [0.25, 0.3) is 5.91 Å². The van der Waals surface area contributed by atoms with Crippen molar-refractivity contribution in [3.8, 4) is 16.9 Å². The van der Waals surface area contributed by atoms with Gasteiger partial charge < -0.3 is 14.8 Å². The van der Waals surface area contributed by atoms with Gasteiger partial charge in [0.2, 0.25) is 5.82 Å². The van der Waals surface area contributed by atoms with E-state index < -0.39 is 11.7 Å². The number of aromatic amines is 1. The van der Waals surface area contributed by atoms with E-state index in [-0.39, 0.29) is 29.4 Å². The summed E-state index contributed by atoms with van der Waals surface area (Å²) in [7, 11) is 0. The molecule has 1 amide bonds. The first-order valence-electron chi connectivity index (χ1n) is 12.9. The minimum absolute atomic E-state index is 0.135. The van der Waals surface area contributed by atoms with Crippen LogP contribution in [0.1, 0.15) is 46.8 Å². The fourth-order valence-electron chi connectivity index (χ4n) is 4.54. The SMILES string of the molecule is Cc1ccc(OCCC2CCCOC2)cc1-c1cc(NC(=O)c2n[nH]c(Cc3ccccc3F)n2)ncc1F. The number of pyridine rings is 1. The van der Waals surface area contributed by atoms with E-state index in [4.69, 9.17) is 9.47 Å². The number of aromatic nitrogens is 4. The fourth-order valence-corrected chi connectivity index (χ4v) is 4.54. The number of aryl methyl sites for hydroxylation is 1. The van der Waals surface area contributed by atoms with E-state index in [1.54, 1.807) is 24.3 Å². The summed E-state index contributed by atoms with van der Waals surface area (Å²) in [4.78, 5) is 20.9. The lowest BCUT2D eigenvalue weighted by Gasteiger charge is -2.22. The molecule has 5 rings (SSSR count). The molecule has 4 aromatic rings. The zero-order valence-electron chi connectivity index (χ0n) is 21.5. The number of hydrogen-bond donors (Lipinski definition) is 2. The van der Waals surface area contributed by atoms with E-state index >= 15 is 0 Å². The maximum Gasteiger partial charge on any atom is 0.296 e. The Labute approximate surface area is 224 Å². The van der Waals surface area contributed by atoms with E-state index in [1.807, 2.05) is 19.1 Å². The highest BCUT2D eigenvalue weighted by atomic mass is 19.1. The topological polar surface area (TPSA) is 102 Å². The smallest absolute Gasteiger partial charge is 0.296 e. The zero-order chi connectivity index (χ0) is 27.2. The molecule has 202 valence electrons. The van der Waals surface area contributed by atoms with E-state index in [9.17, 15) is 13.6 Å². The summed E-state index contributed by atoms with van der Waals surface area (Å²) in [6.07, 6.45) is 4.32. The Hall–Kier alpha value is -4.18. The molecule has 1 aliphatic heterocycles. The number of benzene rings is 2. The Morgan fingerprint density at radius 1 is 1.15 bits per heavy atom. The molecule has 2 aromatic heterocycles. The average molecular weight is 534 g/mol. The molecule has 10 heteroatoms. The van der Waals surface area contributed by atoms with Gasteiger partial charge in [-0.2, -0.15) is 0 Å². The predicted molar refractivity (Wildman–Crippen MR) is 142 cm³/mol. The van der Waals surface area contributed by atoms with Gasteiger partial charge in [-0.25, -0.2) is 18.7 Å². The number of anilines is 1. The van der Waals surface area contributed by atoms with Gasteiger partial charge in [0.15, 0.2) is 0 Å². The van der Waals surface area contributed by atoms with Crippen LogP contribution in [0.5, 0.6) is 5.75 Å². The summed E-state index contributed by atoms with van der Waals surface area (Å²) in [6.45, 7) is 4.01. The Kier molecular flexibility index (Phi) is 8.21. The van der Waals surface area contributed by atoms with Gasteiger partial charge in [-0.05, 0) is 73.1 Å². The van der Waals surface area contributed by atoms with Crippen molar-refractivity contribution in [2.24, 2.45) is 5.92 Å². The number of carbonyl (C=O) groups is 1. The Balaban J connectivity index is 1.26. The number of halogens is 2. The number of carbonyl (C=O) groups excluding carboxylic acids is 1. The highest BCUT2D eigenvalue weighted by molar-refractivity contribution is 6.01. The van der Waals surface area contributed by atoms with Crippen molar-refractivity contribution in [1.29, 1.82) is 0 Å². The van der Waals surface area contributed by atoms with Crippen LogP contribution >= 0.6 is 0 Å². The number of nitrogens with one attached hydrogen (secondary N) is 2. The van der Waals surface area contributed by atoms with Crippen LogP contribution in [0.3, 0.4) is 0 Å². The molecule has 8 nitrogen and oxygen atoms in total. The standard InChI is InChI=1S/C29H29F2N5O3/c1-18-8-9-21(39-12-10-19-5-4-11-38-17-19)14-22(18)23-15-26(32-16-25(23)31)34-29(37)28-33-27(35-36-28)13-20-6-2-3-7-24(20)30/h2-3,6-9,14-16,19H,4-5,10-13,17H2,1H3,(H,32,34,37)(H,33,35,36). The van der Waals surface area contributed by atoms with Gasteiger partial charge in [-0.15, -0.1) is 5.10 Å². The maximum absolute atomic E-state index is 14.9. The molecule has 2 aromatic carbocycles. The largest absolute Gasteiger partial charge is 0.494 e. The monoisotopic (exact) mass is 533 g/mol. The normalized spacial score (nSPS) is 15.2. The highest BCUT2D eigenvalue weighted by Crippen LogP contribution is 2.31. The summed E-state index contributed by atoms with van der Waals surface area (Å²) < 4.78 is 40.3. The van der Waals surface area contributed by atoms with Crippen molar-refractivity contribution in [1.82, 2.24) is 20.2 Å². The van der Waals surface area contributed by atoms with Crippen LogP contribution in [0, 0.1) is 24.5 Å². The lowest BCUT2D eigenvalue weighted by Crippen LogP contribution is -2.19. The molecule has 1 saturated heterocycles. The zero-order valence-corrected chi connectivity index (χ0v) is 21.5. The molecule has 3 heterocycles. The van der Waals surface area contributed by atoms with Crippen LogP contribution in [0.4, 0.5) is 14.6 Å². The van der Waals surface area contributed by atoms with Gasteiger partial charge in [0.1, 0.15) is 29.0 Å². The molecule has 39 heavy (non-hydrogen) atoms. The summed E-state index contributed by atoms with van der Waals surface area (Å²) in [6, 6.07) is 13.3. The average Bonchev–Trinajstić information content (AvgIpc) is 3.41.